The van der Waals surface area contributed by atoms with Gasteiger partial charge in [0.25, 0.3) is 5.91 Å². The standard InChI is InChI=1S/C19H18N2O3S/c1-23-15-9-7-13(8-10-15)11-17-18(22)21(19(20-17)25-3)14-5-4-6-16(12-14)24-2/h4-12H,1-3H3. The van der Waals surface area contributed by atoms with Gasteiger partial charge in [0.1, 0.15) is 17.2 Å². The van der Waals surface area contributed by atoms with E-state index in [1.54, 1.807) is 25.2 Å². The SMILES string of the molecule is COc1ccc(C=C2N=C(SC)N(c3cccc(OC)c3)C2=O)cc1. The number of rotatable bonds is 4. The number of methoxy groups -OCH3 is 2. The Morgan fingerprint density at radius 3 is 2.40 bits per heavy atom. The van der Waals surface area contributed by atoms with Crippen LogP contribution in [0.4, 0.5) is 5.69 Å². The van der Waals surface area contributed by atoms with E-state index in [0.29, 0.717) is 16.6 Å². The Balaban J connectivity index is 1.94. The second-order valence-corrected chi connectivity index (χ2v) is 6.02. The number of anilines is 1. The van der Waals surface area contributed by atoms with Crippen LogP contribution in [0.3, 0.4) is 0 Å². The van der Waals surface area contributed by atoms with Gasteiger partial charge in [0.05, 0.1) is 19.9 Å². The topological polar surface area (TPSA) is 51.1 Å². The summed E-state index contributed by atoms with van der Waals surface area (Å²) in [6.07, 6.45) is 3.67. The van der Waals surface area contributed by atoms with Crippen molar-refractivity contribution in [2.75, 3.05) is 25.4 Å². The molecule has 0 unspecified atom stereocenters. The molecule has 25 heavy (non-hydrogen) atoms. The smallest absolute Gasteiger partial charge is 0.283 e. The predicted molar refractivity (Wildman–Crippen MR) is 102 cm³/mol. The first-order valence-corrected chi connectivity index (χ1v) is 8.85. The second-order valence-electron chi connectivity index (χ2n) is 5.24. The molecule has 0 aliphatic carbocycles. The number of hydrogen-bond donors (Lipinski definition) is 0. The molecule has 1 heterocycles. The molecule has 3 rings (SSSR count). The van der Waals surface area contributed by atoms with Crippen molar-refractivity contribution >= 4 is 34.6 Å². The fraction of sp³-hybridized carbons (Fsp3) is 0.158. The van der Waals surface area contributed by atoms with E-state index in [1.165, 1.54) is 11.8 Å². The molecule has 128 valence electrons. The number of carbonyl (C=O) groups is 1. The van der Waals surface area contributed by atoms with Crippen LogP contribution >= 0.6 is 11.8 Å². The summed E-state index contributed by atoms with van der Waals surface area (Å²) < 4.78 is 10.4. The lowest BCUT2D eigenvalue weighted by Gasteiger charge is -2.17. The summed E-state index contributed by atoms with van der Waals surface area (Å²) in [4.78, 5) is 19.0. The Kier molecular flexibility index (Phi) is 5.09. The van der Waals surface area contributed by atoms with Gasteiger partial charge in [0.2, 0.25) is 0 Å². The van der Waals surface area contributed by atoms with E-state index in [-0.39, 0.29) is 5.91 Å². The molecule has 0 N–H and O–H groups in total. The summed E-state index contributed by atoms with van der Waals surface area (Å²) in [5.74, 6) is 1.30. The minimum Gasteiger partial charge on any atom is -0.497 e. The van der Waals surface area contributed by atoms with Crippen LogP contribution in [0.25, 0.3) is 6.08 Å². The predicted octanol–water partition coefficient (Wildman–Crippen LogP) is 3.81. The summed E-state index contributed by atoms with van der Waals surface area (Å²) in [7, 11) is 3.22. The van der Waals surface area contributed by atoms with Crippen molar-refractivity contribution in [1.29, 1.82) is 0 Å². The van der Waals surface area contributed by atoms with Crippen molar-refractivity contribution in [3.05, 3.63) is 59.8 Å². The average Bonchev–Trinajstić information content (AvgIpc) is 2.98. The van der Waals surface area contributed by atoms with Crippen molar-refractivity contribution in [3.8, 4) is 11.5 Å². The lowest BCUT2D eigenvalue weighted by molar-refractivity contribution is -0.113. The Hall–Kier alpha value is -2.73. The first-order valence-electron chi connectivity index (χ1n) is 7.63. The highest BCUT2D eigenvalue weighted by Gasteiger charge is 2.31. The molecule has 1 aliphatic heterocycles. The van der Waals surface area contributed by atoms with Gasteiger partial charge in [-0.1, -0.05) is 30.0 Å². The van der Waals surface area contributed by atoms with Crippen LogP contribution in [0.2, 0.25) is 0 Å². The van der Waals surface area contributed by atoms with E-state index in [2.05, 4.69) is 4.99 Å². The van der Waals surface area contributed by atoms with Gasteiger partial charge in [-0.3, -0.25) is 9.69 Å². The van der Waals surface area contributed by atoms with Gasteiger partial charge in [-0.2, -0.15) is 0 Å². The van der Waals surface area contributed by atoms with E-state index >= 15 is 0 Å². The zero-order chi connectivity index (χ0) is 17.8. The largest absolute Gasteiger partial charge is 0.497 e. The van der Waals surface area contributed by atoms with Crippen molar-refractivity contribution in [2.45, 2.75) is 0 Å². The highest BCUT2D eigenvalue weighted by molar-refractivity contribution is 8.13. The maximum Gasteiger partial charge on any atom is 0.283 e. The Bertz CT molecular complexity index is 844. The monoisotopic (exact) mass is 354 g/mol. The van der Waals surface area contributed by atoms with Gasteiger partial charge in [-0.25, -0.2) is 4.99 Å². The van der Waals surface area contributed by atoms with Crippen molar-refractivity contribution in [3.63, 3.8) is 0 Å². The fourth-order valence-corrected chi connectivity index (χ4v) is 3.03. The van der Waals surface area contributed by atoms with Gasteiger partial charge in [0.15, 0.2) is 5.17 Å². The number of aliphatic imine (C=N–C) groups is 1. The van der Waals surface area contributed by atoms with Gasteiger partial charge >= 0.3 is 0 Å². The number of amidine groups is 1. The van der Waals surface area contributed by atoms with Crippen LogP contribution in [0, 0.1) is 0 Å². The first kappa shape index (κ1) is 17.1. The Morgan fingerprint density at radius 2 is 1.76 bits per heavy atom. The van der Waals surface area contributed by atoms with E-state index in [0.717, 1.165) is 17.0 Å². The normalized spacial score (nSPS) is 15.5. The van der Waals surface area contributed by atoms with Crippen LogP contribution in [-0.4, -0.2) is 31.6 Å². The van der Waals surface area contributed by atoms with E-state index < -0.39 is 0 Å². The Labute approximate surface area is 151 Å². The second kappa shape index (κ2) is 7.44. The third kappa shape index (κ3) is 3.53. The molecule has 1 aliphatic rings. The van der Waals surface area contributed by atoms with Gasteiger partial charge in [-0.05, 0) is 42.2 Å². The van der Waals surface area contributed by atoms with E-state index in [4.69, 9.17) is 9.47 Å². The lowest BCUT2D eigenvalue weighted by atomic mass is 10.2. The zero-order valence-electron chi connectivity index (χ0n) is 14.2. The molecule has 0 fully saturated rings. The third-order valence-electron chi connectivity index (χ3n) is 3.74. The third-order valence-corrected chi connectivity index (χ3v) is 4.38. The molecule has 0 saturated carbocycles. The molecule has 6 heteroatoms. The van der Waals surface area contributed by atoms with Crippen molar-refractivity contribution < 1.29 is 14.3 Å². The van der Waals surface area contributed by atoms with Gasteiger partial charge in [0, 0.05) is 6.07 Å². The first-order chi connectivity index (χ1) is 12.2. The summed E-state index contributed by atoms with van der Waals surface area (Å²) in [5.41, 5.74) is 2.02. The molecular formula is C19H18N2O3S. The fourth-order valence-electron chi connectivity index (χ4n) is 2.47. The zero-order valence-corrected chi connectivity index (χ0v) is 15.0. The number of benzene rings is 2. The molecule has 0 bridgehead atoms. The quantitative estimate of drug-likeness (QED) is 0.784. The van der Waals surface area contributed by atoms with E-state index in [1.807, 2.05) is 54.8 Å². The van der Waals surface area contributed by atoms with E-state index in [9.17, 15) is 4.79 Å². The van der Waals surface area contributed by atoms with Crippen LogP contribution in [0.15, 0.2) is 59.2 Å². The molecule has 1 amide bonds. The highest BCUT2D eigenvalue weighted by atomic mass is 32.2. The highest BCUT2D eigenvalue weighted by Crippen LogP contribution is 2.30. The molecule has 0 aromatic heterocycles. The van der Waals surface area contributed by atoms with Crippen molar-refractivity contribution in [1.82, 2.24) is 0 Å². The summed E-state index contributed by atoms with van der Waals surface area (Å²) in [5, 5.41) is 0.637. The number of amides is 1. The molecule has 0 saturated heterocycles. The molecular weight excluding hydrogens is 336 g/mol. The molecule has 5 nitrogen and oxygen atoms in total. The lowest BCUT2D eigenvalue weighted by Crippen LogP contribution is -2.30. The minimum atomic E-state index is -0.159. The maximum absolute atomic E-state index is 12.9. The van der Waals surface area contributed by atoms with Crippen LogP contribution in [0.5, 0.6) is 11.5 Å². The molecule has 0 radical (unpaired) electrons. The molecule has 0 spiro atoms. The van der Waals surface area contributed by atoms with Gasteiger partial charge < -0.3 is 9.47 Å². The molecule has 2 aromatic carbocycles. The summed E-state index contributed by atoms with van der Waals surface area (Å²) in [6, 6.07) is 14.9. The number of carbonyl (C=O) groups excluding carboxylic acids is 1. The average molecular weight is 354 g/mol. The van der Waals surface area contributed by atoms with Gasteiger partial charge in [-0.15, -0.1) is 0 Å². The summed E-state index contributed by atoms with van der Waals surface area (Å²) in [6.45, 7) is 0. The number of ether oxygens (including phenoxy) is 2. The van der Waals surface area contributed by atoms with Crippen LogP contribution in [-0.2, 0) is 4.79 Å². The number of hydrogen-bond acceptors (Lipinski definition) is 5. The maximum atomic E-state index is 12.9. The summed E-state index contributed by atoms with van der Waals surface area (Å²) >= 11 is 1.43. The van der Waals surface area contributed by atoms with Crippen LogP contribution < -0.4 is 14.4 Å². The number of thioether (sulfide) groups is 1. The number of nitrogens with zero attached hydrogens (tertiary/aromatic N) is 2. The Morgan fingerprint density at radius 1 is 1.04 bits per heavy atom. The van der Waals surface area contributed by atoms with Crippen molar-refractivity contribution in [2.24, 2.45) is 4.99 Å². The van der Waals surface area contributed by atoms with Crippen LogP contribution in [0.1, 0.15) is 5.56 Å². The molecule has 0 atom stereocenters. The molecule has 2 aromatic rings. The minimum absolute atomic E-state index is 0.159.